The van der Waals surface area contributed by atoms with Gasteiger partial charge in [-0.05, 0) is 31.0 Å². The number of carbonyl (C=O) groups is 2. The first kappa shape index (κ1) is 19.2. The summed E-state index contributed by atoms with van der Waals surface area (Å²) in [5.41, 5.74) is -0.632. The van der Waals surface area contributed by atoms with Crippen molar-refractivity contribution in [3.63, 3.8) is 0 Å². The van der Waals surface area contributed by atoms with Crippen LogP contribution in [0.25, 0.3) is 0 Å². The molecule has 1 aliphatic heterocycles. The van der Waals surface area contributed by atoms with Gasteiger partial charge < -0.3 is 15.2 Å². The molecule has 0 saturated carbocycles. The summed E-state index contributed by atoms with van der Waals surface area (Å²) in [6.45, 7) is 1.57. The van der Waals surface area contributed by atoms with Crippen molar-refractivity contribution in [3.05, 3.63) is 29.8 Å². The smallest absolute Gasteiger partial charge is 0.306 e. The molecule has 1 atom stereocenters. The molecule has 0 aliphatic carbocycles. The molecule has 25 heavy (non-hydrogen) atoms. The second-order valence-corrected chi connectivity index (χ2v) is 8.27. The van der Waals surface area contributed by atoms with Gasteiger partial charge in [0.05, 0.1) is 31.4 Å². The number of ether oxygens (including phenoxy) is 1. The normalized spacial score (nSPS) is 19.1. The number of carbonyl (C=O) groups excluding carboxylic acids is 1. The third kappa shape index (κ3) is 4.70. The molecule has 9 heteroatoms. The van der Waals surface area contributed by atoms with Crippen molar-refractivity contribution >= 4 is 21.9 Å². The number of carboxylic acid groups (broad SMARTS) is 1. The minimum atomic E-state index is -3.40. The van der Waals surface area contributed by atoms with Crippen LogP contribution in [0.5, 0.6) is 5.75 Å². The number of nitrogens with zero attached hydrogens (tertiary/aromatic N) is 1. The lowest BCUT2D eigenvalue weighted by Gasteiger charge is -2.31. The van der Waals surface area contributed by atoms with E-state index in [1.54, 1.807) is 31.2 Å². The molecule has 2 N–H and O–H groups in total. The van der Waals surface area contributed by atoms with Crippen LogP contribution in [-0.2, 0) is 25.2 Å². The summed E-state index contributed by atoms with van der Waals surface area (Å²) < 4.78 is 29.9. The van der Waals surface area contributed by atoms with Crippen LogP contribution in [0.3, 0.4) is 0 Å². The Morgan fingerprint density at radius 3 is 2.68 bits per heavy atom. The summed E-state index contributed by atoms with van der Waals surface area (Å²) >= 11 is 0. The first-order chi connectivity index (χ1) is 11.7. The number of rotatable bonds is 7. The highest BCUT2D eigenvalue weighted by Crippen LogP contribution is 2.28. The summed E-state index contributed by atoms with van der Waals surface area (Å²) in [6.07, 6.45) is 0.135. The molecule has 2 rings (SSSR count). The van der Waals surface area contributed by atoms with Crippen LogP contribution in [0.15, 0.2) is 24.3 Å². The summed E-state index contributed by atoms with van der Waals surface area (Å²) in [5, 5.41) is 11.9. The number of hydrogen-bond acceptors (Lipinski definition) is 5. The van der Waals surface area contributed by atoms with Crippen molar-refractivity contribution in [2.45, 2.75) is 25.3 Å². The fourth-order valence-electron chi connectivity index (χ4n) is 2.86. The van der Waals surface area contributed by atoms with E-state index in [1.165, 1.54) is 7.11 Å². The molecule has 1 aliphatic rings. The molecule has 1 saturated heterocycles. The zero-order valence-corrected chi connectivity index (χ0v) is 15.0. The van der Waals surface area contributed by atoms with Gasteiger partial charge in [0, 0.05) is 6.54 Å². The fraction of sp³-hybridized carbons (Fsp3) is 0.500. The first-order valence-corrected chi connectivity index (χ1v) is 9.42. The number of aliphatic carboxylic acids is 1. The van der Waals surface area contributed by atoms with Crippen LogP contribution in [0, 0.1) is 0 Å². The van der Waals surface area contributed by atoms with Gasteiger partial charge in [0.2, 0.25) is 15.9 Å². The van der Waals surface area contributed by atoms with Crippen molar-refractivity contribution in [3.8, 4) is 5.75 Å². The van der Waals surface area contributed by atoms with E-state index in [2.05, 4.69) is 5.32 Å². The molecule has 1 fully saturated rings. The quantitative estimate of drug-likeness (QED) is 0.724. The monoisotopic (exact) mass is 370 g/mol. The molecular formula is C16H22N2O6S. The Labute approximate surface area is 146 Å². The van der Waals surface area contributed by atoms with Gasteiger partial charge in [-0.3, -0.25) is 9.59 Å². The zero-order valence-electron chi connectivity index (χ0n) is 14.2. The third-order valence-corrected chi connectivity index (χ3v) is 6.05. The molecule has 0 aromatic heterocycles. The Balaban J connectivity index is 2.21. The summed E-state index contributed by atoms with van der Waals surface area (Å²) in [4.78, 5) is 23.7. The van der Waals surface area contributed by atoms with Gasteiger partial charge >= 0.3 is 5.97 Å². The van der Waals surface area contributed by atoms with Crippen molar-refractivity contribution in [1.82, 2.24) is 9.62 Å². The van der Waals surface area contributed by atoms with Crippen LogP contribution >= 0.6 is 0 Å². The van der Waals surface area contributed by atoms with Gasteiger partial charge in [0.25, 0.3) is 0 Å². The highest BCUT2D eigenvalue weighted by Gasteiger charge is 2.35. The Kier molecular flexibility index (Phi) is 5.69. The maximum atomic E-state index is 12.4. The largest absolute Gasteiger partial charge is 0.497 e. The molecule has 0 spiro atoms. The number of nitrogens with one attached hydrogen (secondary N) is 1. The number of hydrogen-bond donors (Lipinski definition) is 2. The van der Waals surface area contributed by atoms with E-state index in [-0.39, 0.29) is 18.7 Å². The average molecular weight is 370 g/mol. The van der Waals surface area contributed by atoms with Gasteiger partial charge in [-0.1, -0.05) is 12.1 Å². The Morgan fingerprint density at radius 1 is 1.40 bits per heavy atom. The fourth-order valence-corrected chi connectivity index (χ4v) is 4.34. The number of sulfonamides is 1. The predicted octanol–water partition coefficient (Wildman–Crippen LogP) is 0.537. The molecule has 1 aromatic rings. The summed E-state index contributed by atoms with van der Waals surface area (Å²) in [6, 6.07) is 6.75. The van der Waals surface area contributed by atoms with Gasteiger partial charge in [-0.25, -0.2) is 8.42 Å². The van der Waals surface area contributed by atoms with Crippen LogP contribution in [0.1, 0.15) is 25.3 Å². The van der Waals surface area contributed by atoms with Gasteiger partial charge in [0.15, 0.2) is 0 Å². The van der Waals surface area contributed by atoms with E-state index in [1.807, 2.05) is 0 Å². The van der Waals surface area contributed by atoms with Crippen LogP contribution < -0.4 is 10.1 Å². The van der Waals surface area contributed by atoms with Gasteiger partial charge in [-0.15, -0.1) is 0 Å². The number of methoxy groups -OCH3 is 1. The molecule has 0 radical (unpaired) electrons. The minimum absolute atomic E-state index is 0.0303. The molecule has 1 unspecified atom stereocenters. The molecule has 1 aromatic carbocycles. The second kappa shape index (κ2) is 7.40. The zero-order chi connectivity index (χ0) is 18.7. The van der Waals surface area contributed by atoms with E-state index in [0.717, 1.165) is 4.31 Å². The number of amides is 1. The average Bonchev–Trinajstić information content (AvgIpc) is 2.85. The van der Waals surface area contributed by atoms with Gasteiger partial charge in [-0.2, -0.15) is 4.31 Å². The predicted molar refractivity (Wildman–Crippen MR) is 90.7 cm³/mol. The van der Waals surface area contributed by atoms with E-state index in [0.29, 0.717) is 24.3 Å². The number of benzene rings is 1. The van der Waals surface area contributed by atoms with Crippen molar-refractivity contribution in [1.29, 1.82) is 0 Å². The van der Waals surface area contributed by atoms with E-state index >= 15 is 0 Å². The molecule has 8 nitrogen and oxygen atoms in total. The van der Waals surface area contributed by atoms with E-state index < -0.39 is 27.4 Å². The molecule has 1 amide bonds. The maximum absolute atomic E-state index is 12.4. The molecule has 0 bridgehead atoms. The lowest BCUT2D eigenvalue weighted by Crippen LogP contribution is -2.49. The van der Waals surface area contributed by atoms with E-state index in [4.69, 9.17) is 4.74 Å². The molecular weight excluding hydrogens is 348 g/mol. The second-order valence-electron chi connectivity index (χ2n) is 6.19. The Bertz CT molecular complexity index is 764. The SMILES string of the molecule is COc1cccc(C(C)(CC(=O)O)NC(=O)CN2CCCS2(=O)=O)c1. The summed E-state index contributed by atoms with van der Waals surface area (Å²) in [7, 11) is -1.91. The van der Waals surface area contributed by atoms with Crippen LogP contribution in [0.2, 0.25) is 0 Å². The van der Waals surface area contributed by atoms with E-state index in [9.17, 15) is 23.1 Å². The van der Waals surface area contributed by atoms with Gasteiger partial charge in [0.1, 0.15) is 5.75 Å². The third-order valence-electron chi connectivity index (χ3n) is 4.15. The van der Waals surface area contributed by atoms with Crippen LogP contribution in [0.4, 0.5) is 0 Å². The Morgan fingerprint density at radius 2 is 2.12 bits per heavy atom. The van der Waals surface area contributed by atoms with Crippen molar-refractivity contribution < 1.29 is 27.9 Å². The van der Waals surface area contributed by atoms with Crippen molar-refractivity contribution in [2.75, 3.05) is 26.0 Å². The minimum Gasteiger partial charge on any atom is -0.497 e. The lowest BCUT2D eigenvalue weighted by atomic mass is 9.88. The maximum Gasteiger partial charge on any atom is 0.306 e. The highest BCUT2D eigenvalue weighted by atomic mass is 32.2. The highest BCUT2D eigenvalue weighted by molar-refractivity contribution is 7.89. The Hall–Kier alpha value is -2.13. The standard InChI is InChI=1S/C16H22N2O6S/c1-16(10-15(20)21,12-5-3-6-13(9-12)24-2)17-14(19)11-18-7-4-8-25(18,22)23/h3,5-6,9H,4,7-8,10-11H2,1-2H3,(H,17,19)(H,20,21). The van der Waals surface area contributed by atoms with Crippen molar-refractivity contribution in [2.24, 2.45) is 0 Å². The lowest BCUT2D eigenvalue weighted by molar-refractivity contribution is -0.139. The topological polar surface area (TPSA) is 113 Å². The molecule has 1 heterocycles. The number of carboxylic acids is 1. The molecule has 138 valence electrons. The van der Waals surface area contributed by atoms with Crippen LogP contribution in [-0.4, -0.2) is 55.7 Å². The summed E-state index contributed by atoms with van der Waals surface area (Å²) in [5.74, 6) is -1.07. The first-order valence-electron chi connectivity index (χ1n) is 7.81.